The minimum Gasteiger partial charge on any atom is -0.872 e. The SMILES string of the molecule is Cc1cccc(Nc2nc(Nc3ccc([O-])cc3)ncc2C)c1. The van der Waals surface area contributed by atoms with Gasteiger partial charge in [-0.05, 0) is 43.7 Å². The Hall–Kier alpha value is -3.08. The second-order valence-electron chi connectivity index (χ2n) is 5.37. The molecule has 5 nitrogen and oxygen atoms in total. The van der Waals surface area contributed by atoms with Gasteiger partial charge in [-0.1, -0.05) is 24.3 Å². The molecule has 1 heterocycles. The minimum absolute atomic E-state index is 0.0258. The molecule has 0 bridgehead atoms. The molecule has 0 aliphatic heterocycles. The van der Waals surface area contributed by atoms with Gasteiger partial charge in [-0.2, -0.15) is 4.98 Å². The second kappa shape index (κ2) is 6.36. The van der Waals surface area contributed by atoms with Crippen molar-refractivity contribution in [2.45, 2.75) is 13.8 Å². The number of nitrogens with one attached hydrogen (secondary N) is 2. The summed E-state index contributed by atoms with van der Waals surface area (Å²) in [5, 5.41) is 17.5. The smallest absolute Gasteiger partial charge is 0.229 e. The summed E-state index contributed by atoms with van der Waals surface area (Å²) >= 11 is 0. The summed E-state index contributed by atoms with van der Waals surface area (Å²) in [6.07, 6.45) is 1.76. The van der Waals surface area contributed by atoms with Crippen LogP contribution in [0.25, 0.3) is 0 Å². The van der Waals surface area contributed by atoms with E-state index in [-0.39, 0.29) is 5.75 Å². The van der Waals surface area contributed by atoms with Gasteiger partial charge in [-0.25, -0.2) is 4.98 Å². The van der Waals surface area contributed by atoms with Crippen LogP contribution in [-0.2, 0) is 0 Å². The largest absolute Gasteiger partial charge is 0.872 e. The molecule has 2 N–H and O–H groups in total. The zero-order chi connectivity index (χ0) is 16.2. The van der Waals surface area contributed by atoms with Gasteiger partial charge in [0.25, 0.3) is 0 Å². The van der Waals surface area contributed by atoms with E-state index in [2.05, 4.69) is 26.7 Å². The van der Waals surface area contributed by atoms with Crippen LogP contribution < -0.4 is 15.7 Å². The lowest BCUT2D eigenvalue weighted by Gasteiger charge is -2.12. The number of aryl methyl sites for hydroxylation is 2. The fourth-order valence-corrected chi connectivity index (χ4v) is 2.16. The maximum atomic E-state index is 11.1. The summed E-state index contributed by atoms with van der Waals surface area (Å²) in [4.78, 5) is 8.78. The van der Waals surface area contributed by atoms with Gasteiger partial charge in [0.05, 0.1) is 0 Å². The molecule has 5 heteroatoms. The lowest BCUT2D eigenvalue weighted by atomic mass is 10.2. The first-order valence-corrected chi connectivity index (χ1v) is 7.31. The van der Waals surface area contributed by atoms with Crippen molar-refractivity contribution in [2.75, 3.05) is 10.6 Å². The Labute approximate surface area is 135 Å². The molecule has 0 unspecified atom stereocenters. The molecule has 0 radical (unpaired) electrons. The number of hydrogen-bond acceptors (Lipinski definition) is 5. The second-order valence-corrected chi connectivity index (χ2v) is 5.37. The van der Waals surface area contributed by atoms with Crippen LogP contribution in [0.5, 0.6) is 5.75 Å². The molecule has 23 heavy (non-hydrogen) atoms. The van der Waals surface area contributed by atoms with E-state index in [1.54, 1.807) is 18.3 Å². The van der Waals surface area contributed by atoms with Crippen molar-refractivity contribution in [3.05, 3.63) is 65.9 Å². The van der Waals surface area contributed by atoms with E-state index in [1.165, 1.54) is 17.7 Å². The lowest BCUT2D eigenvalue weighted by molar-refractivity contribution is -0.268. The van der Waals surface area contributed by atoms with Crippen molar-refractivity contribution >= 4 is 23.1 Å². The zero-order valence-corrected chi connectivity index (χ0v) is 13.0. The number of anilines is 4. The standard InChI is InChI=1S/C18H18N4O/c1-12-4-3-5-15(10-12)20-17-13(2)11-19-18(22-17)21-14-6-8-16(23)9-7-14/h3-11,23H,1-2H3,(H2,19,20,21,22)/p-1. The zero-order valence-electron chi connectivity index (χ0n) is 13.0. The van der Waals surface area contributed by atoms with Crippen LogP contribution in [0, 0.1) is 13.8 Å². The molecule has 0 spiro atoms. The predicted molar refractivity (Wildman–Crippen MR) is 90.4 cm³/mol. The molecule has 0 fully saturated rings. The van der Waals surface area contributed by atoms with E-state index in [0.717, 1.165) is 22.8 Å². The van der Waals surface area contributed by atoms with E-state index in [1.807, 2.05) is 32.0 Å². The Kier molecular flexibility index (Phi) is 4.10. The fourth-order valence-electron chi connectivity index (χ4n) is 2.16. The van der Waals surface area contributed by atoms with Gasteiger partial charge in [-0.15, -0.1) is 5.75 Å². The third kappa shape index (κ3) is 3.77. The summed E-state index contributed by atoms with van der Waals surface area (Å²) in [6, 6.07) is 14.5. The lowest BCUT2D eigenvalue weighted by Crippen LogP contribution is -2.03. The first kappa shape index (κ1) is 14.8. The fraction of sp³-hybridized carbons (Fsp3) is 0.111. The van der Waals surface area contributed by atoms with Crippen molar-refractivity contribution < 1.29 is 5.11 Å². The Bertz CT molecular complexity index is 816. The van der Waals surface area contributed by atoms with Crippen LogP contribution in [0.3, 0.4) is 0 Å². The van der Waals surface area contributed by atoms with Crippen LogP contribution in [0.1, 0.15) is 11.1 Å². The predicted octanol–water partition coefficient (Wildman–Crippen LogP) is 3.65. The molecule has 0 amide bonds. The highest BCUT2D eigenvalue weighted by Gasteiger charge is 2.05. The Morgan fingerprint density at radius 2 is 1.70 bits per heavy atom. The van der Waals surface area contributed by atoms with Crippen molar-refractivity contribution in [1.29, 1.82) is 0 Å². The summed E-state index contributed by atoms with van der Waals surface area (Å²) < 4.78 is 0. The Morgan fingerprint density at radius 1 is 0.913 bits per heavy atom. The molecule has 3 aromatic rings. The number of rotatable bonds is 4. The maximum Gasteiger partial charge on any atom is 0.229 e. The summed E-state index contributed by atoms with van der Waals surface area (Å²) in [5.74, 6) is 1.19. The first-order valence-electron chi connectivity index (χ1n) is 7.31. The molecule has 2 aromatic carbocycles. The molecule has 116 valence electrons. The topological polar surface area (TPSA) is 72.9 Å². The summed E-state index contributed by atoms with van der Waals surface area (Å²) in [7, 11) is 0. The molecule has 3 rings (SSSR count). The number of benzene rings is 2. The Balaban J connectivity index is 1.82. The third-order valence-corrected chi connectivity index (χ3v) is 3.36. The van der Waals surface area contributed by atoms with E-state index >= 15 is 0 Å². The van der Waals surface area contributed by atoms with Crippen LogP contribution in [0.15, 0.2) is 54.7 Å². The summed E-state index contributed by atoms with van der Waals surface area (Å²) in [5.41, 5.74) is 3.88. The third-order valence-electron chi connectivity index (χ3n) is 3.36. The van der Waals surface area contributed by atoms with Gasteiger partial charge in [0.2, 0.25) is 5.95 Å². The van der Waals surface area contributed by atoms with E-state index in [4.69, 9.17) is 0 Å². The van der Waals surface area contributed by atoms with Gasteiger partial charge >= 0.3 is 0 Å². The molecule has 0 saturated heterocycles. The highest BCUT2D eigenvalue weighted by molar-refractivity contribution is 5.62. The van der Waals surface area contributed by atoms with Gasteiger partial charge < -0.3 is 15.7 Å². The van der Waals surface area contributed by atoms with E-state index in [9.17, 15) is 5.11 Å². The van der Waals surface area contributed by atoms with Crippen LogP contribution in [-0.4, -0.2) is 9.97 Å². The number of hydrogen-bond donors (Lipinski definition) is 2. The molecule has 0 aliphatic carbocycles. The molecule has 1 aromatic heterocycles. The van der Waals surface area contributed by atoms with Gasteiger partial charge in [0.1, 0.15) is 5.82 Å². The quantitative estimate of drug-likeness (QED) is 0.769. The molecular formula is C18H17N4O-. The van der Waals surface area contributed by atoms with Gasteiger partial charge in [0.15, 0.2) is 0 Å². The van der Waals surface area contributed by atoms with Crippen LogP contribution in [0.2, 0.25) is 0 Å². The van der Waals surface area contributed by atoms with Crippen LogP contribution >= 0.6 is 0 Å². The van der Waals surface area contributed by atoms with Crippen molar-refractivity contribution in [3.63, 3.8) is 0 Å². The van der Waals surface area contributed by atoms with Crippen molar-refractivity contribution in [2.24, 2.45) is 0 Å². The monoisotopic (exact) mass is 305 g/mol. The van der Waals surface area contributed by atoms with Crippen LogP contribution in [0.4, 0.5) is 23.1 Å². The number of aromatic nitrogens is 2. The van der Waals surface area contributed by atoms with E-state index < -0.39 is 0 Å². The Morgan fingerprint density at radius 3 is 2.43 bits per heavy atom. The molecular weight excluding hydrogens is 288 g/mol. The number of nitrogens with zero attached hydrogens (tertiary/aromatic N) is 2. The molecule has 0 atom stereocenters. The highest BCUT2D eigenvalue weighted by Crippen LogP contribution is 2.21. The minimum atomic E-state index is -0.0258. The normalized spacial score (nSPS) is 10.3. The highest BCUT2D eigenvalue weighted by atomic mass is 16.3. The van der Waals surface area contributed by atoms with Crippen molar-refractivity contribution in [1.82, 2.24) is 9.97 Å². The average Bonchev–Trinajstić information content (AvgIpc) is 2.53. The molecule has 0 aliphatic rings. The van der Waals surface area contributed by atoms with E-state index in [0.29, 0.717) is 5.95 Å². The maximum absolute atomic E-state index is 11.1. The van der Waals surface area contributed by atoms with Gasteiger partial charge in [0, 0.05) is 23.1 Å². The van der Waals surface area contributed by atoms with Crippen molar-refractivity contribution in [3.8, 4) is 5.75 Å². The first-order chi connectivity index (χ1) is 11.1. The van der Waals surface area contributed by atoms with Gasteiger partial charge in [-0.3, -0.25) is 0 Å². The molecule has 0 saturated carbocycles. The summed E-state index contributed by atoms with van der Waals surface area (Å²) in [6.45, 7) is 4.00. The average molecular weight is 305 g/mol.